The number of nitrogens with zero attached hydrogens (tertiary/aromatic N) is 1. The van der Waals surface area contributed by atoms with Gasteiger partial charge in [-0.25, -0.2) is 0 Å². The first-order chi connectivity index (χ1) is 13.1. The van der Waals surface area contributed by atoms with Crippen LogP contribution < -0.4 is 5.46 Å². The smallest absolute Gasteiger partial charge is 0.399 e. The van der Waals surface area contributed by atoms with E-state index in [2.05, 4.69) is 81.8 Å². The Balaban J connectivity index is 1.83. The van der Waals surface area contributed by atoms with Crippen LogP contribution in [0.2, 0.25) is 0 Å². The molecule has 2 aromatic heterocycles. The van der Waals surface area contributed by atoms with E-state index in [9.17, 15) is 0 Å². The maximum atomic E-state index is 6.27. The van der Waals surface area contributed by atoms with Crippen molar-refractivity contribution in [3.05, 3.63) is 47.8 Å². The molecular formula is C23H29BN2O2. The molecule has 0 spiro atoms. The van der Waals surface area contributed by atoms with Crippen LogP contribution in [0, 0.1) is 6.92 Å². The van der Waals surface area contributed by atoms with Crippen molar-refractivity contribution in [2.45, 2.75) is 65.6 Å². The first-order valence-electron chi connectivity index (χ1n) is 10.0. The van der Waals surface area contributed by atoms with Gasteiger partial charge in [0, 0.05) is 28.4 Å². The van der Waals surface area contributed by atoms with Crippen LogP contribution in [0.4, 0.5) is 0 Å². The minimum Gasteiger partial charge on any atom is -0.399 e. The van der Waals surface area contributed by atoms with Crippen LogP contribution in [0.15, 0.2) is 36.5 Å². The number of rotatable bonds is 3. The van der Waals surface area contributed by atoms with E-state index in [0.29, 0.717) is 5.92 Å². The lowest BCUT2D eigenvalue weighted by Gasteiger charge is -2.32. The lowest BCUT2D eigenvalue weighted by molar-refractivity contribution is 0.00578. The van der Waals surface area contributed by atoms with E-state index in [1.807, 2.05) is 13.1 Å². The van der Waals surface area contributed by atoms with Crippen molar-refractivity contribution in [1.82, 2.24) is 9.97 Å². The summed E-state index contributed by atoms with van der Waals surface area (Å²) in [6.07, 6.45) is 1.87. The van der Waals surface area contributed by atoms with Gasteiger partial charge >= 0.3 is 7.12 Å². The molecule has 0 saturated carbocycles. The molecule has 3 heterocycles. The van der Waals surface area contributed by atoms with Gasteiger partial charge in [-0.15, -0.1) is 0 Å². The highest BCUT2D eigenvalue weighted by Gasteiger charge is 2.51. The summed E-state index contributed by atoms with van der Waals surface area (Å²) in [5, 5.41) is 1.23. The molecule has 28 heavy (non-hydrogen) atoms. The number of aromatic amines is 1. The number of fused-ring (bicyclic) bond motifs is 1. The van der Waals surface area contributed by atoms with Crippen molar-refractivity contribution >= 4 is 23.5 Å². The van der Waals surface area contributed by atoms with Gasteiger partial charge in [-0.05, 0) is 69.8 Å². The Morgan fingerprint density at radius 2 is 1.68 bits per heavy atom. The van der Waals surface area contributed by atoms with Crippen molar-refractivity contribution in [3.8, 4) is 11.3 Å². The van der Waals surface area contributed by atoms with E-state index in [-0.39, 0.29) is 18.3 Å². The number of aryl methyl sites for hydroxylation is 1. The van der Waals surface area contributed by atoms with Gasteiger partial charge in [0.2, 0.25) is 0 Å². The minimum absolute atomic E-state index is 0.342. The first kappa shape index (κ1) is 19.2. The van der Waals surface area contributed by atoms with E-state index in [1.165, 1.54) is 22.2 Å². The van der Waals surface area contributed by atoms with Gasteiger partial charge in [-0.3, -0.25) is 4.98 Å². The number of pyridine rings is 1. The predicted molar refractivity (Wildman–Crippen MR) is 116 cm³/mol. The first-order valence-corrected chi connectivity index (χ1v) is 10.0. The molecule has 1 N–H and O–H groups in total. The van der Waals surface area contributed by atoms with E-state index in [4.69, 9.17) is 9.31 Å². The summed E-state index contributed by atoms with van der Waals surface area (Å²) in [7, 11) is -0.351. The monoisotopic (exact) mass is 376 g/mol. The summed E-state index contributed by atoms with van der Waals surface area (Å²) >= 11 is 0. The van der Waals surface area contributed by atoms with Gasteiger partial charge in [0.15, 0.2) is 0 Å². The molecule has 1 fully saturated rings. The number of aromatic nitrogens is 2. The second-order valence-corrected chi connectivity index (χ2v) is 9.15. The van der Waals surface area contributed by atoms with Crippen molar-refractivity contribution in [3.63, 3.8) is 0 Å². The van der Waals surface area contributed by atoms with Crippen molar-refractivity contribution in [1.29, 1.82) is 0 Å². The van der Waals surface area contributed by atoms with Gasteiger partial charge < -0.3 is 14.3 Å². The highest BCUT2D eigenvalue weighted by atomic mass is 16.7. The fourth-order valence-electron chi connectivity index (χ4n) is 3.88. The number of hydrogen-bond donors (Lipinski definition) is 1. The SMILES string of the molecule is Cc1cc(-c2[nH]c3ccc(B4OC(C)(C)C(C)(C)O4)cc3c2C(C)C)ccn1. The van der Waals surface area contributed by atoms with Crippen LogP contribution in [-0.4, -0.2) is 28.3 Å². The standard InChI is InChI=1S/C23H29BN2O2/c1-14(2)20-18-13-17(24-27-22(4,5)23(6,7)28-24)8-9-19(18)26-21(20)16-10-11-25-15(3)12-16/h8-14,26H,1-7H3. The zero-order valence-electron chi connectivity index (χ0n) is 17.9. The molecule has 0 unspecified atom stereocenters. The van der Waals surface area contributed by atoms with Crippen molar-refractivity contribution in [2.75, 3.05) is 0 Å². The maximum Gasteiger partial charge on any atom is 0.494 e. The molecule has 3 aromatic rings. The topological polar surface area (TPSA) is 47.1 Å². The molecule has 0 bridgehead atoms. The highest BCUT2D eigenvalue weighted by Crippen LogP contribution is 2.38. The third-order valence-electron chi connectivity index (χ3n) is 6.15. The normalized spacial score (nSPS) is 18.4. The van der Waals surface area contributed by atoms with E-state index in [0.717, 1.165) is 16.7 Å². The molecule has 0 radical (unpaired) electrons. The van der Waals surface area contributed by atoms with Crippen LogP contribution in [0.3, 0.4) is 0 Å². The average Bonchev–Trinajstić information content (AvgIpc) is 3.08. The largest absolute Gasteiger partial charge is 0.494 e. The number of H-pyrrole nitrogens is 1. The van der Waals surface area contributed by atoms with E-state index < -0.39 is 0 Å². The zero-order valence-corrected chi connectivity index (χ0v) is 17.9. The molecule has 4 rings (SSSR count). The van der Waals surface area contributed by atoms with Crippen LogP contribution in [0.25, 0.3) is 22.2 Å². The molecule has 146 valence electrons. The lowest BCUT2D eigenvalue weighted by atomic mass is 9.78. The second-order valence-electron chi connectivity index (χ2n) is 9.15. The Morgan fingerprint density at radius 3 is 2.29 bits per heavy atom. The number of nitrogens with one attached hydrogen (secondary N) is 1. The van der Waals surface area contributed by atoms with Crippen molar-refractivity contribution in [2.24, 2.45) is 0 Å². The molecular weight excluding hydrogens is 347 g/mol. The van der Waals surface area contributed by atoms with Crippen LogP contribution in [0.5, 0.6) is 0 Å². The Morgan fingerprint density at radius 1 is 1.00 bits per heavy atom. The Kier molecular flexibility index (Phi) is 4.44. The van der Waals surface area contributed by atoms with Gasteiger partial charge in [-0.2, -0.15) is 0 Å². The average molecular weight is 376 g/mol. The second kappa shape index (κ2) is 6.46. The summed E-state index contributed by atoms with van der Waals surface area (Å²) in [5.41, 5.74) is 6.18. The molecule has 5 heteroatoms. The van der Waals surface area contributed by atoms with Gasteiger partial charge in [0.25, 0.3) is 0 Å². The van der Waals surface area contributed by atoms with Crippen LogP contribution >= 0.6 is 0 Å². The minimum atomic E-state index is -0.351. The summed E-state index contributed by atoms with van der Waals surface area (Å²) < 4.78 is 12.5. The third-order valence-corrected chi connectivity index (χ3v) is 6.15. The van der Waals surface area contributed by atoms with Crippen LogP contribution in [0.1, 0.15) is 58.7 Å². The quantitative estimate of drug-likeness (QED) is 0.657. The Labute approximate surface area is 167 Å². The molecule has 1 aromatic carbocycles. The molecule has 1 saturated heterocycles. The van der Waals surface area contributed by atoms with Crippen LogP contribution in [-0.2, 0) is 9.31 Å². The van der Waals surface area contributed by atoms with Gasteiger partial charge in [0.05, 0.1) is 16.9 Å². The Hall–Kier alpha value is -2.11. The van der Waals surface area contributed by atoms with Crippen molar-refractivity contribution < 1.29 is 9.31 Å². The molecule has 0 atom stereocenters. The molecule has 0 amide bonds. The molecule has 1 aliphatic rings. The fourth-order valence-corrected chi connectivity index (χ4v) is 3.88. The molecule has 1 aliphatic heterocycles. The predicted octanol–water partition coefficient (Wildman–Crippen LogP) is 4.96. The van der Waals surface area contributed by atoms with Gasteiger partial charge in [-0.1, -0.05) is 26.0 Å². The highest BCUT2D eigenvalue weighted by molar-refractivity contribution is 6.62. The summed E-state index contributed by atoms with van der Waals surface area (Å²) in [4.78, 5) is 7.97. The zero-order chi connectivity index (χ0) is 20.3. The number of hydrogen-bond acceptors (Lipinski definition) is 3. The summed E-state index contributed by atoms with van der Waals surface area (Å²) in [6.45, 7) is 14.9. The molecule has 0 aliphatic carbocycles. The maximum absolute atomic E-state index is 6.27. The fraction of sp³-hybridized carbons (Fsp3) is 0.435. The van der Waals surface area contributed by atoms with E-state index in [1.54, 1.807) is 0 Å². The molecule has 4 nitrogen and oxygen atoms in total. The Bertz CT molecular complexity index is 1020. The third kappa shape index (κ3) is 3.07. The van der Waals surface area contributed by atoms with Gasteiger partial charge in [0.1, 0.15) is 0 Å². The summed E-state index contributed by atoms with van der Waals surface area (Å²) in [6, 6.07) is 10.7. The lowest BCUT2D eigenvalue weighted by Crippen LogP contribution is -2.41. The van der Waals surface area contributed by atoms with E-state index >= 15 is 0 Å². The summed E-state index contributed by atoms with van der Waals surface area (Å²) in [5.74, 6) is 0.380. The number of benzene rings is 1.